The molecule has 116 valence electrons. The molecule has 0 spiro atoms. The molecule has 2 rings (SSSR count). The molecule has 1 aromatic rings. The first-order chi connectivity index (χ1) is 10.1. The topological polar surface area (TPSA) is 46.2 Å². The van der Waals surface area contributed by atoms with Gasteiger partial charge >= 0.3 is 0 Å². The minimum absolute atomic E-state index is 0.0951. The molecular weight excluding hydrogens is 306 g/mol. The van der Waals surface area contributed by atoms with Crippen LogP contribution < -0.4 is 5.32 Å². The summed E-state index contributed by atoms with van der Waals surface area (Å²) in [6, 6.07) is 7.56. The second-order valence-corrected chi connectivity index (χ2v) is 7.83. The summed E-state index contributed by atoms with van der Waals surface area (Å²) in [6.07, 6.45) is 5.68. The minimum Gasteiger partial charge on any atom is -0.352 e. The smallest absolute Gasteiger partial charge is 0.235 e. The first-order valence-corrected chi connectivity index (χ1v) is 9.24. The number of carbonyl (C=O) groups is 1. The normalized spacial score (nSPS) is 19.0. The van der Waals surface area contributed by atoms with Crippen molar-refractivity contribution in [3.63, 3.8) is 0 Å². The second kappa shape index (κ2) is 7.95. The Labute approximate surface area is 133 Å². The zero-order valence-electron chi connectivity index (χ0n) is 12.3. The Morgan fingerprint density at radius 2 is 2.10 bits per heavy atom. The van der Waals surface area contributed by atoms with Crippen LogP contribution in [0.5, 0.6) is 0 Å². The molecule has 1 amide bonds. The molecule has 1 saturated carbocycles. The van der Waals surface area contributed by atoms with Crippen molar-refractivity contribution in [3.8, 4) is 0 Å². The molecule has 5 heteroatoms. The number of nitrogens with one attached hydrogen (secondary N) is 1. The fraction of sp³-hybridized carbons (Fsp3) is 0.562. The standard InChI is InChI=1S/C16H22ClNO2S/c1-12(16(19)18-15-8-3-2-4-9-15)21(20)11-13-6-5-7-14(17)10-13/h5-7,10,12,15H,2-4,8-9,11H2,1H3,(H,18,19)/t12-,21+/m0/s1. The average Bonchev–Trinajstić information content (AvgIpc) is 2.47. The van der Waals surface area contributed by atoms with Crippen LogP contribution in [0, 0.1) is 0 Å². The Bertz CT molecular complexity index is 515. The fourth-order valence-corrected chi connectivity index (χ4v) is 3.88. The van der Waals surface area contributed by atoms with Crippen LogP contribution in [0.25, 0.3) is 0 Å². The molecule has 0 bridgehead atoms. The first-order valence-electron chi connectivity index (χ1n) is 7.48. The van der Waals surface area contributed by atoms with Gasteiger partial charge in [-0.25, -0.2) is 0 Å². The zero-order chi connectivity index (χ0) is 15.2. The van der Waals surface area contributed by atoms with Gasteiger partial charge in [-0.05, 0) is 37.5 Å². The SMILES string of the molecule is C[C@@H](C(=O)NC1CCCCC1)[S@](=O)Cc1cccc(Cl)c1. The summed E-state index contributed by atoms with van der Waals surface area (Å²) in [6.45, 7) is 1.73. The lowest BCUT2D eigenvalue weighted by Crippen LogP contribution is -2.42. The number of hydrogen-bond acceptors (Lipinski definition) is 2. The van der Waals surface area contributed by atoms with Crippen LogP contribution in [0.1, 0.15) is 44.6 Å². The van der Waals surface area contributed by atoms with Crippen molar-refractivity contribution >= 4 is 28.3 Å². The molecule has 0 heterocycles. The molecule has 3 nitrogen and oxygen atoms in total. The Balaban J connectivity index is 1.87. The molecule has 0 saturated heterocycles. The third-order valence-electron chi connectivity index (χ3n) is 3.91. The fourth-order valence-electron chi connectivity index (χ4n) is 2.60. The largest absolute Gasteiger partial charge is 0.352 e. The Hall–Kier alpha value is -0.870. The Kier molecular flexibility index (Phi) is 6.24. The van der Waals surface area contributed by atoms with Gasteiger partial charge < -0.3 is 5.32 Å². The van der Waals surface area contributed by atoms with Crippen molar-refractivity contribution in [2.45, 2.75) is 56.1 Å². The van der Waals surface area contributed by atoms with E-state index in [2.05, 4.69) is 5.32 Å². The van der Waals surface area contributed by atoms with E-state index in [1.807, 2.05) is 12.1 Å². The highest BCUT2D eigenvalue weighted by atomic mass is 35.5. The number of halogens is 1. The molecule has 0 radical (unpaired) electrons. The van der Waals surface area contributed by atoms with Gasteiger partial charge in [-0.2, -0.15) is 0 Å². The molecule has 0 unspecified atom stereocenters. The molecule has 1 aliphatic carbocycles. The van der Waals surface area contributed by atoms with E-state index in [1.54, 1.807) is 19.1 Å². The van der Waals surface area contributed by atoms with Gasteiger partial charge in [-0.15, -0.1) is 0 Å². The molecule has 2 atom stereocenters. The highest BCUT2D eigenvalue weighted by molar-refractivity contribution is 7.85. The van der Waals surface area contributed by atoms with Crippen molar-refractivity contribution in [2.24, 2.45) is 0 Å². The molecule has 21 heavy (non-hydrogen) atoms. The van der Waals surface area contributed by atoms with E-state index in [0.717, 1.165) is 18.4 Å². The Morgan fingerprint density at radius 1 is 1.38 bits per heavy atom. The van der Waals surface area contributed by atoms with E-state index in [4.69, 9.17) is 11.6 Å². The van der Waals surface area contributed by atoms with E-state index in [0.29, 0.717) is 10.8 Å². The third-order valence-corrected chi connectivity index (χ3v) is 5.77. The molecule has 0 aromatic heterocycles. The summed E-state index contributed by atoms with van der Waals surface area (Å²) in [4.78, 5) is 12.2. The highest BCUT2D eigenvalue weighted by Gasteiger charge is 2.23. The summed E-state index contributed by atoms with van der Waals surface area (Å²) in [5, 5.41) is 3.17. The van der Waals surface area contributed by atoms with Gasteiger partial charge in [0.1, 0.15) is 5.25 Å². The van der Waals surface area contributed by atoms with Gasteiger partial charge in [0.2, 0.25) is 5.91 Å². The van der Waals surface area contributed by atoms with Gasteiger partial charge in [0.25, 0.3) is 0 Å². The maximum Gasteiger partial charge on any atom is 0.235 e. The number of hydrogen-bond donors (Lipinski definition) is 1. The van der Waals surface area contributed by atoms with E-state index in [-0.39, 0.29) is 11.9 Å². The van der Waals surface area contributed by atoms with Crippen molar-refractivity contribution in [1.29, 1.82) is 0 Å². The molecule has 1 aliphatic rings. The van der Waals surface area contributed by atoms with Gasteiger partial charge in [-0.3, -0.25) is 9.00 Å². The summed E-state index contributed by atoms with van der Waals surface area (Å²) in [7, 11) is -1.23. The zero-order valence-corrected chi connectivity index (χ0v) is 13.9. The molecule has 1 fully saturated rings. The maximum absolute atomic E-state index is 12.3. The number of carbonyl (C=O) groups excluding carboxylic acids is 1. The van der Waals surface area contributed by atoms with Crippen LogP contribution in [0.2, 0.25) is 5.02 Å². The molecule has 1 N–H and O–H groups in total. The first kappa shape index (κ1) is 16.5. The van der Waals surface area contributed by atoms with Gasteiger partial charge in [0, 0.05) is 27.6 Å². The predicted octanol–water partition coefficient (Wildman–Crippen LogP) is 3.43. The van der Waals surface area contributed by atoms with Crippen molar-refractivity contribution in [1.82, 2.24) is 5.32 Å². The lowest BCUT2D eigenvalue weighted by molar-refractivity contribution is -0.121. The van der Waals surface area contributed by atoms with Crippen LogP contribution in [0.4, 0.5) is 0 Å². The highest BCUT2D eigenvalue weighted by Crippen LogP contribution is 2.18. The summed E-state index contributed by atoms with van der Waals surface area (Å²) < 4.78 is 12.3. The van der Waals surface area contributed by atoms with E-state index < -0.39 is 16.0 Å². The summed E-state index contributed by atoms with van der Waals surface area (Å²) in [5.74, 6) is 0.266. The van der Waals surface area contributed by atoms with Gasteiger partial charge in [0.05, 0.1) is 0 Å². The quantitative estimate of drug-likeness (QED) is 0.900. The lowest BCUT2D eigenvalue weighted by atomic mass is 9.95. The van der Waals surface area contributed by atoms with Crippen LogP contribution in [0.3, 0.4) is 0 Å². The maximum atomic E-state index is 12.3. The molecule has 1 aromatic carbocycles. The number of rotatable bonds is 5. The van der Waals surface area contributed by atoms with E-state index in [1.165, 1.54) is 19.3 Å². The Morgan fingerprint density at radius 3 is 2.76 bits per heavy atom. The van der Waals surface area contributed by atoms with Gasteiger partial charge in [-0.1, -0.05) is 43.0 Å². The predicted molar refractivity (Wildman–Crippen MR) is 87.8 cm³/mol. The van der Waals surface area contributed by atoms with E-state index >= 15 is 0 Å². The van der Waals surface area contributed by atoms with Crippen LogP contribution in [-0.4, -0.2) is 21.4 Å². The van der Waals surface area contributed by atoms with Crippen molar-refractivity contribution in [2.75, 3.05) is 0 Å². The molecular formula is C16H22ClNO2S. The van der Waals surface area contributed by atoms with Crippen LogP contribution in [-0.2, 0) is 21.3 Å². The summed E-state index contributed by atoms with van der Waals surface area (Å²) in [5.41, 5.74) is 0.901. The monoisotopic (exact) mass is 327 g/mol. The molecule has 0 aliphatic heterocycles. The third kappa shape index (κ3) is 5.11. The number of amides is 1. The minimum atomic E-state index is -1.23. The number of benzene rings is 1. The van der Waals surface area contributed by atoms with Crippen LogP contribution >= 0.6 is 11.6 Å². The van der Waals surface area contributed by atoms with Crippen LogP contribution in [0.15, 0.2) is 24.3 Å². The summed E-state index contributed by atoms with van der Waals surface area (Å²) >= 11 is 5.92. The van der Waals surface area contributed by atoms with Crippen molar-refractivity contribution < 1.29 is 9.00 Å². The van der Waals surface area contributed by atoms with E-state index in [9.17, 15) is 9.00 Å². The average molecular weight is 328 g/mol. The van der Waals surface area contributed by atoms with Crippen molar-refractivity contribution in [3.05, 3.63) is 34.9 Å². The second-order valence-electron chi connectivity index (χ2n) is 5.64. The lowest BCUT2D eigenvalue weighted by Gasteiger charge is -2.24. The van der Waals surface area contributed by atoms with Gasteiger partial charge in [0.15, 0.2) is 0 Å².